The highest BCUT2D eigenvalue weighted by atomic mass is 79.9. The molecule has 0 radical (unpaired) electrons. The molecule has 0 bridgehead atoms. The molecule has 0 amide bonds. The van der Waals surface area contributed by atoms with Crippen LogP contribution in [0.25, 0.3) is 0 Å². The number of anilines is 1. The lowest BCUT2D eigenvalue weighted by Gasteiger charge is -2.27. The van der Waals surface area contributed by atoms with Crippen molar-refractivity contribution in [1.29, 1.82) is 0 Å². The number of hydrogen-bond donors (Lipinski definition) is 1. The van der Waals surface area contributed by atoms with Gasteiger partial charge in [-0.3, -0.25) is 0 Å². The molecule has 0 fully saturated rings. The monoisotopic (exact) mass is 285 g/mol. The Balaban J connectivity index is 2.51. The van der Waals surface area contributed by atoms with Crippen LogP contribution in [0.3, 0.4) is 0 Å². The summed E-state index contributed by atoms with van der Waals surface area (Å²) in [6.45, 7) is 6.38. The number of nitrogens with one attached hydrogen (secondary N) is 1. The lowest BCUT2D eigenvalue weighted by atomic mass is 10.00. The summed E-state index contributed by atoms with van der Waals surface area (Å²) >= 11 is 3.42. The number of halogens is 1. The molecule has 1 atom stereocenters. The minimum atomic E-state index is -0.0816. The minimum Gasteiger partial charge on any atom is -0.382 e. The first-order valence-corrected chi connectivity index (χ1v) is 6.29. The lowest BCUT2D eigenvalue weighted by Crippen LogP contribution is -2.31. The number of hydrogen-bond acceptors (Lipinski definition) is 2. The summed E-state index contributed by atoms with van der Waals surface area (Å²) in [6, 6.07) is 8.60. The van der Waals surface area contributed by atoms with Crippen molar-refractivity contribution in [2.45, 2.75) is 38.8 Å². The van der Waals surface area contributed by atoms with Crippen molar-refractivity contribution in [3.63, 3.8) is 0 Å². The molecule has 1 rings (SSSR count). The zero-order valence-electron chi connectivity index (χ0n) is 10.4. The highest BCUT2D eigenvalue weighted by Crippen LogP contribution is 2.20. The molecule has 0 aliphatic carbocycles. The van der Waals surface area contributed by atoms with Gasteiger partial charge in [-0.2, -0.15) is 0 Å². The average Bonchev–Trinajstić information content (AvgIpc) is 2.21. The molecule has 0 aliphatic rings. The van der Waals surface area contributed by atoms with Crippen LogP contribution in [0.4, 0.5) is 5.69 Å². The smallest absolute Gasteiger partial charge is 0.0642 e. The number of ether oxygens (including phenoxy) is 1. The highest BCUT2D eigenvalue weighted by molar-refractivity contribution is 9.10. The van der Waals surface area contributed by atoms with Gasteiger partial charge in [-0.25, -0.2) is 0 Å². The summed E-state index contributed by atoms with van der Waals surface area (Å²) < 4.78 is 6.52. The Hall–Kier alpha value is -0.540. The highest BCUT2D eigenvalue weighted by Gasteiger charge is 2.19. The van der Waals surface area contributed by atoms with E-state index in [1.165, 1.54) is 0 Å². The summed E-state index contributed by atoms with van der Waals surface area (Å²) in [7, 11) is 1.76. The van der Waals surface area contributed by atoms with Crippen molar-refractivity contribution in [2.24, 2.45) is 0 Å². The van der Waals surface area contributed by atoms with E-state index in [0.717, 1.165) is 16.6 Å². The quantitative estimate of drug-likeness (QED) is 0.881. The molecule has 1 aromatic rings. The molecule has 1 unspecified atom stereocenters. The van der Waals surface area contributed by atoms with E-state index >= 15 is 0 Å². The van der Waals surface area contributed by atoms with Crippen molar-refractivity contribution < 1.29 is 4.74 Å². The maximum absolute atomic E-state index is 5.42. The number of benzene rings is 1. The van der Waals surface area contributed by atoms with Gasteiger partial charge in [0.15, 0.2) is 0 Å². The third-order valence-corrected chi connectivity index (χ3v) is 3.14. The first-order valence-electron chi connectivity index (χ1n) is 5.50. The van der Waals surface area contributed by atoms with E-state index in [-0.39, 0.29) is 5.60 Å². The molecule has 0 saturated carbocycles. The van der Waals surface area contributed by atoms with E-state index in [2.05, 4.69) is 54.2 Å². The topological polar surface area (TPSA) is 21.3 Å². The molecule has 0 saturated heterocycles. The van der Waals surface area contributed by atoms with Gasteiger partial charge < -0.3 is 10.1 Å². The third-order valence-electron chi connectivity index (χ3n) is 2.61. The maximum Gasteiger partial charge on any atom is 0.0642 e. The first kappa shape index (κ1) is 13.5. The molecule has 0 heterocycles. The molecule has 90 valence electrons. The molecule has 3 heteroatoms. The van der Waals surface area contributed by atoms with Crippen LogP contribution in [0, 0.1) is 0 Å². The predicted molar refractivity (Wildman–Crippen MR) is 72.9 cm³/mol. The summed E-state index contributed by atoms with van der Waals surface area (Å²) in [5.41, 5.74) is 1.06. The lowest BCUT2D eigenvalue weighted by molar-refractivity contribution is 0.0128. The second kappa shape index (κ2) is 5.69. The van der Waals surface area contributed by atoms with Gasteiger partial charge in [0.2, 0.25) is 0 Å². The van der Waals surface area contributed by atoms with Gasteiger partial charge in [-0.15, -0.1) is 0 Å². The summed E-state index contributed by atoms with van der Waals surface area (Å²) in [6.07, 6.45) is 0.972. The fourth-order valence-electron chi connectivity index (χ4n) is 1.70. The molecule has 1 N–H and O–H groups in total. The predicted octanol–water partition coefficient (Wildman–Crippen LogP) is 4.06. The largest absolute Gasteiger partial charge is 0.382 e. The van der Waals surface area contributed by atoms with Gasteiger partial charge >= 0.3 is 0 Å². The normalized spacial score (nSPS) is 13.6. The van der Waals surface area contributed by atoms with Crippen molar-refractivity contribution in [3.8, 4) is 0 Å². The van der Waals surface area contributed by atoms with E-state index < -0.39 is 0 Å². The van der Waals surface area contributed by atoms with Gasteiger partial charge in [0.1, 0.15) is 0 Å². The summed E-state index contributed by atoms with van der Waals surface area (Å²) in [5.74, 6) is 0. The van der Waals surface area contributed by atoms with Crippen molar-refractivity contribution in [3.05, 3.63) is 28.7 Å². The Labute approximate surface area is 107 Å². The second-order valence-electron chi connectivity index (χ2n) is 4.72. The standard InChI is InChI=1S/C13H20BrNO/c1-10(9-13(2,3)16-4)15-12-7-5-11(14)6-8-12/h5-8,10,15H,9H2,1-4H3. The molecule has 16 heavy (non-hydrogen) atoms. The third kappa shape index (κ3) is 4.54. The second-order valence-corrected chi connectivity index (χ2v) is 5.64. The molecule has 0 aliphatic heterocycles. The molecular weight excluding hydrogens is 266 g/mol. The summed E-state index contributed by atoms with van der Waals surface area (Å²) in [4.78, 5) is 0. The van der Waals surface area contributed by atoms with Gasteiger partial charge in [0.25, 0.3) is 0 Å². The molecule has 2 nitrogen and oxygen atoms in total. The fourth-order valence-corrected chi connectivity index (χ4v) is 1.97. The molecular formula is C13H20BrNO. The van der Waals surface area contributed by atoms with Gasteiger partial charge in [0.05, 0.1) is 5.60 Å². The fraction of sp³-hybridized carbons (Fsp3) is 0.538. The Morgan fingerprint density at radius 2 is 1.88 bits per heavy atom. The van der Waals surface area contributed by atoms with Crippen LogP contribution >= 0.6 is 15.9 Å². The molecule has 1 aromatic carbocycles. The van der Waals surface area contributed by atoms with E-state index in [4.69, 9.17) is 4.74 Å². The average molecular weight is 286 g/mol. The number of rotatable bonds is 5. The molecule has 0 aromatic heterocycles. The zero-order chi connectivity index (χ0) is 12.2. The van der Waals surface area contributed by atoms with E-state index in [9.17, 15) is 0 Å². The Kier molecular flexibility index (Phi) is 4.81. The minimum absolute atomic E-state index is 0.0816. The Morgan fingerprint density at radius 3 is 2.38 bits per heavy atom. The summed E-state index contributed by atoms with van der Waals surface area (Å²) in [5, 5.41) is 3.46. The van der Waals surface area contributed by atoms with E-state index in [1.54, 1.807) is 7.11 Å². The van der Waals surface area contributed by atoms with Crippen LogP contribution in [0.5, 0.6) is 0 Å². The van der Waals surface area contributed by atoms with Crippen LogP contribution in [0.1, 0.15) is 27.2 Å². The maximum atomic E-state index is 5.42. The van der Waals surface area contributed by atoms with Gasteiger partial charge in [-0.1, -0.05) is 15.9 Å². The molecule has 0 spiro atoms. The van der Waals surface area contributed by atoms with Crippen LogP contribution < -0.4 is 5.32 Å². The van der Waals surface area contributed by atoms with Crippen LogP contribution in [-0.4, -0.2) is 18.8 Å². The SMILES string of the molecule is COC(C)(C)CC(C)Nc1ccc(Br)cc1. The van der Waals surface area contributed by atoms with Crippen molar-refractivity contribution >= 4 is 21.6 Å². The first-order chi connectivity index (χ1) is 7.43. The van der Waals surface area contributed by atoms with E-state index in [0.29, 0.717) is 6.04 Å². The van der Waals surface area contributed by atoms with Crippen molar-refractivity contribution in [1.82, 2.24) is 0 Å². The van der Waals surface area contributed by atoms with Crippen LogP contribution in [-0.2, 0) is 4.74 Å². The van der Waals surface area contributed by atoms with E-state index in [1.807, 2.05) is 12.1 Å². The van der Waals surface area contributed by atoms with Crippen molar-refractivity contribution in [2.75, 3.05) is 12.4 Å². The Bertz CT molecular complexity index is 321. The van der Waals surface area contributed by atoms with Gasteiger partial charge in [-0.05, 0) is 51.5 Å². The van der Waals surface area contributed by atoms with Crippen LogP contribution in [0.15, 0.2) is 28.7 Å². The number of methoxy groups -OCH3 is 1. The van der Waals surface area contributed by atoms with Gasteiger partial charge in [0, 0.05) is 23.3 Å². The zero-order valence-corrected chi connectivity index (χ0v) is 12.0. The Morgan fingerprint density at radius 1 is 1.31 bits per heavy atom. The van der Waals surface area contributed by atoms with Crippen LogP contribution in [0.2, 0.25) is 0 Å².